The van der Waals surface area contributed by atoms with E-state index in [9.17, 15) is 14.7 Å². The third-order valence-corrected chi connectivity index (χ3v) is 4.03. The summed E-state index contributed by atoms with van der Waals surface area (Å²) in [5.74, 6) is -0.566. The first-order valence-electron chi connectivity index (χ1n) is 9.13. The quantitative estimate of drug-likeness (QED) is 0.544. The molecule has 28 heavy (non-hydrogen) atoms. The molecule has 2 rings (SSSR count). The summed E-state index contributed by atoms with van der Waals surface area (Å²) in [6.07, 6.45) is 1.03. The van der Waals surface area contributed by atoms with E-state index in [0.29, 0.717) is 0 Å². The largest absolute Gasteiger partial charge is 0.461 e. The van der Waals surface area contributed by atoms with Gasteiger partial charge in [0.2, 0.25) is 5.78 Å². The van der Waals surface area contributed by atoms with Gasteiger partial charge in [0.05, 0.1) is 12.3 Å². The van der Waals surface area contributed by atoms with Gasteiger partial charge in [0.25, 0.3) is 0 Å². The van der Waals surface area contributed by atoms with E-state index in [1.165, 1.54) is 17.2 Å². The second kappa shape index (κ2) is 9.37. The molecule has 0 spiro atoms. The lowest BCUT2D eigenvalue weighted by Gasteiger charge is -2.35. The van der Waals surface area contributed by atoms with E-state index >= 15 is 0 Å². The van der Waals surface area contributed by atoms with Crippen molar-refractivity contribution in [2.45, 2.75) is 51.5 Å². The van der Waals surface area contributed by atoms with Crippen LogP contribution < -0.4 is 0 Å². The summed E-state index contributed by atoms with van der Waals surface area (Å²) in [6, 6.07) is 11.5. The highest BCUT2D eigenvalue weighted by molar-refractivity contribution is 5.97. The Balaban J connectivity index is 2.35. The van der Waals surface area contributed by atoms with Gasteiger partial charge in [0.1, 0.15) is 11.7 Å². The normalized spacial score (nSPS) is 13.4. The molecule has 1 amide bonds. The molecule has 0 unspecified atom stereocenters. The van der Waals surface area contributed by atoms with Crippen LogP contribution in [0, 0.1) is 0 Å². The standard InChI is InChI=1S/C22H27NO5/c1-5-10-17(19(24)20(25)18-13-9-14-27-18)23(21(26)28-22(2,3)4)15-16-11-7-6-8-12-16/h5-9,11-14,17,19,24H,1,10,15H2,2-4H3/t17-,19-/m0/s1. The van der Waals surface area contributed by atoms with Crippen LogP contribution in [-0.4, -0.2) is 39.6 Å². The van der Waals surface area contributed by atoms with Crippen LogP contribution in [0.15, 0.2) is 65.8 Å². The van der Waals surface area contributed by atoms with Crippen molar-refractivity contribution < 1.29 is 23.8 Å². The predicted molar refractivity (Wildman–Crippen MR) is 106 cm³/mol. The number of carbonyl (C=O) groups excluding carboxylic acids is 2. The molecule has 0 aliphatic heterocycles. The lowest BCUT2D eigenvalue weighted by atomic mass is 9.99. The first-order valence-corrected chi connectivity index (χ1v) is 9.13. The van der Waals surface area contributed by atoms with Crippen LogP contribution in [0.1, 0.15) is 43.3 Å². The van der Waals surface area contributed by atoms with Crippen LogP contribution in [0.5, 0.6) is 0 Å². The topological polar surface area (TPSA) is 80.0 Å². The van der Waals surface area contributed by atoms with E-state index in [4.69, 9.17) is 9.15 Å². The first kappa shape index (κ1) is 21.4. The summed E-state index contributed by atoms with van der Waals surface area (Å²) < 4.78 is 10.6. The number of amides is 1. The van der Waals surface area contributed by atoms with Gasteiger partial charge in [-0.25, -0.2) is 4.79 Å². The van der Waals surface area contributed by atoms with Crippen LogP contribution in [0.4, 0.5) is 4.79 Å². The second-order valence-corrected chi connectivity index (χ2v) is 7.47. The highest BCUT2D eigenvalue weighted by Crippen LogP contribution is 2.21. The Kier molecular flexibility index (Phi) is 7.18. The average Bonchev–Trinajstić information content (AvgIpc) is 3.17. The lowest BCUT2D eigenvalue weighted by molar-refractivity contribution is -0.00519. The number of ketones is 1. The van der Waals surface area contributed by atoms with E-state index in [2.05, 4.69) is 6.58 Å². The van der Waals surface area contributed by atoms with E-state index in [1.807, 2.05) is 30.3 Å². The molecule has 0 fully saturated rings. The van der Waals surface area contributed by atoms with Crippen molar-refractivity contribution in [3.8, 4) is 0 Å². The minimum atomic E-state index is -1.49. The van der Waals surface area contributed by atoms with E-state index < -0.39 is 29.6 Å². The number of aliphatic hydroxyl groups is 1. The third-order valence-electron chi connectivity index (χ3n) is 4.03. The maximum Gasteiger partial charge on any atom is 0.410 e. The number of hydrogen-bond donors (Lipinski definition) is 1. The van der Waals surface area contributed by atoms with Crippen LogP contribution in [0.3, 0.4) is 0 Å². The number of nitrogens with zero attached hydrogens (tertiary/aromatic N) is 1. The van der Waals surface area contributed by atoms with Gasteiger partial charge in [-0.15, -0.1) is 6.58 Å². The minimum Gasteiger partial charge on any atom is -0.461 e. The van der Waals surface area contributed by atoms with Gasteiger partial charge in [0, 0.05) is 6.54 Å². The van der Waals surface area contributed by atoms with Crippen LogP contribution in [0.25, 0.3) is 0 Å². The molecular weight excluding hydrogens is 358 g/mol. The van der Waals surface area contributed by atoms with Gasteiger partial charge in [-0.2, -0.15) is 0 Å². The van der Waals surface area contributed by atoms with E-state index in [-0.39, 0.29) is 18.7 Å². The minimum absolute atomic E-state index is 0.0328. The fourth-order valence-corrected chi connectivity index (χ4v) is 2.75. The monoisotopic (exact) mass is 385 g/mol. The van der Waals surface area contributed by atoms with Gasteiger partial charge in [-0.3, -0.25) is 9.69 Å². The predicted octanol–water partition coefficient (Wildman–Crippen LogP) is 4.21. The molecule has 1 N–H and O–H groups in total. The van der Waals surface area contributed by atoms with E-state index in [1.54, 1.807) is 32.9 Å². The molecule has 0 bridgehead atoms. The highest BCUT2D eigenvalue weighted by atomic mass is 16.6. The summed E-state index contributed by atoms with van der Waals surface area (Å²) in [5, 5.41) is 10.8. The molecule has 6 heteroatoms. The highest BCUT2D eigenvalue weighted by Gasteiger charge is 2.36. The molecule has 6 nitrogen and oxygen atoms in total. The van der Waals surface area contributed by atoms with Crippen molar-refractivity contribution in [1.82, 2.24) is 4.90 Å². The van der Waals surface area contributed by atoms with Crippen LogP contribution in [0.2, 0.25) is 0 Å². The van der Waals surface area contributed by atoms with Crippen LogP contribution >= 0.6 is 0 Å². The zero-order valence-electron chi connectivity index (χ0n) is 16.5. The number of benzene rings is 1. The molecule has 0 aliphatic rings. The fraction of sp³-hybridized carbons (Fsp3) is 0.364. The summed E-state index contributed by atoms with van der Waals surface area (Å²) in [4.78, 5) is 26.9. The van der Waals surface area contributed by atoms with Crippen molar-refractivity contribution in [3.05, 3.63) is 72.7 Å². The SMILES string of the molecule is C=CC[C@@H]([C@H](O)C(=O)c1ccco1)N(Cc1ccccc1)C(=O)OC(C)(C)C. The average molecular weight is 385 g/mol. The smallest absolute Gasteiger partial charge is 0.410 e. The summed E-state index contributed by atoms with van der Waals surface area (Å²) in [7, 11) is 0. The fourth-order valence-electron chi connectivity index (χ4n) is 2.75. The zero-order chi connectivity index (χ0) is 20.7. The first-order chi connectivity index (χ1) is 13.2. The van der Waals surface area contributed by atoms with Crippen LogP contribution in [-0.2, 0) is 11.3 Å². The van der Waals surface area contributed by atoms with Gasteiger partial charge >= 0.3 is 6.09 Å². The van der Waals surface area contributed by atoms with Gasteiger partial charge in [-0.1, -0.05) is 36.4 Å². The Morgan fingerprint density at radius 2 is 1.89 bits per heavy atom. The molecule has 1 heterocycles. The third kappa shape index (κ3) is 5.82. The van der Waals surface area contributed by atoms with Gasteiger partial charge in [-0.05, 0) is 44.9 Å². The maximum atomic E-state index is 12.9. The summed E-state index contributed by atoms with van der Waals surface area (Å²) >= 11 is 0. The Labute approximate surface area is 165 Å². The number of furan rings is 1. The number of rotatable bonds is 8. The molecule has 2 aromatic rings. The Hall–Kier alpha value is -2.86. The maximum absolute atomic E-state index is 12.9. The Bertz CT molecular complexity index is 777. The molecule has 1 aromatic heterocycles. The molecular formula is C22H27NO5. The van der Waals surface area contributed by atoms with Crippen molar-refractivity contribution in [2.75, 3.05) is 0 Å². The zero-order valence-corrected chi connectivity index (χ0v) is 16.5. The van der Waals surface area contributed by atoms with Gasteiger partial charge < -0.3 is 14.3 Å². The summed E-state index contributed by atoms with van der Waals surface area (Å²) in [5.41, 5.74) is 0.126. The second-order valence-electron chi connectivity index (χ2n) is 7.47. The molecule has 0 radical (unpaired) electrons. The number of aliphatic hydroxyl groups excluding tert-OH is 1. The van der Waals surface area contributed by atoms with Crippen molar-refractivity contribution in [1.29, 1.82) is 0 Å². The molecule has 1 aromatic carbocycles. The number of Topliss-reactive ketones (excluding diaryl/α,β-unsaturated/α-hetero) is 1. The molecule has 0 saturated heterocycles. The number of hydrogen-bond acceptors (Lipinski definition) is 5. The van der Waals surface area contributed by atoms with Crippen molar-refractivity contribution >= 4 is 11.9 Å². The summed E-state index contributed by atoms with van der Waals surface area (Å²) in [6.45, 7) is 9.17. The lowest BCUT2D eigenvalue weighted by Crippen LogP contribution is -2.50. The Morgan fingerprint density at radius 3 is 2.43 bits per heavy atom. The molecule has 150 valence electrons. The number of carbonyl (C=O) groups is 2. The van der Waals surface area contributed by atoms with Crippen molar-refractivity contribution in [2.24, 2.45) is 0 Å². The molecule has 0 aliphatic carbocycles. The molecule has 2 atom stereocenters. The van der Waals surface area contributed by atoms with E-state index in [0.717, 1.165) is 5.56 Å². The van der Waals surface area contributed by atoms with Gasteiger partial charge in [0.15, 0.2) is 5.76 Å². The Morgan fingerprint density at radius 1 is 1.21 bits per heavy atom. The number of ether oxygens (including phenoxy) is 1. The van der Waals surface area contributed by atoms with Crippen molar-refractivity contribution in [3.63, 3.8) is 0 Å². The molecule has 0 saturated carbocycles.